The largest absolute Gasteiger partial charge is 0.477 e. The predicted octanol–water partition coefficient (Wildman–Crippen LogP) is 1.92. The highest BCUT2D eigenvalue weighted by Crippen LogP contribution is 2.46. The molecule has 3 rings (SSSR count). The molecule has 2 heterocycles. The molecule has 0 unspecified atom stereocenters. The molecule has 2 N–H and O–H groups in total. The lowest BCUT2D eigenvalue weighted by Crippen LogP contribution is -2.66. The van der Waals surface area contributed by atoms with Crippen molar-refractivity contribution in [1.82, 2.24) is 4.98 Å². The van der Waals surface area contributed by atoms with Crippen molar-refractivity contribution in [3.63, 3.8) is 0 Å². The van der Waals surface area contributed by atoms with Crippen LogP contribution in [0.25, 0.3) is 0 Å². The molecule has 1 saturated carbocycles. The van der Waals surface area contributed by atoms with Crippen LogP contribution in [0.15, 0.2) is 18.2 Å². The van der Waals surface area contributed by atoms with Gasteiger partial charge in [-0.1, -0.05) is 6.07 Å². The molecule has 1 saturated heterocycles. The maximum Gasteiger partial charge on any atom is 0.354 e. The van der Waals surface area contributed by atoms with E-state index in [9.17, 15) is 4.79 Å². The summed E-state index contributed by atoms with van der Waals surface area (Å²) in [4.78, 5) is 15.1. The summed E-state index contributed by atoms with van der Waals surface area (Å²) in [7, 11) is 0. The van der Waals surface area contributed by atoms with E-state index in [1.54, 1.807) is 12.1 Å². The Kier molecular flexibility index (Phi) is 3.82. The Morgan fingerprint density at radius 3 is 3.14 bits per heavy atom. The molecule has 1 spiro atoms. The Morgan fingerprint density at radius 1 is 1.62 bits per heavy atom. The molecule has 0 bridgehead atoms. The molecule has 1 aromatic heterocycles. The highest BCUT2D eigenvalue weighted by molar-refractivity contribution is 5.85. The molecule has 6 nitrogen and oxygen atoms in total. The topological polar surface area (TPSA) is 80.7 Å². The zero-order valence-corrected chi connectivity index (χ0v) is 12.0. The van der Waals surface area contributed by atoms with Gasteiger partial charge >= 0.3 is 5.97 Å². The molecule has 6 heteroatoms. The van der Waals surface area contributed by atoms with Gasteiger partial charge in [-0.2, -0.15) is 0 Å². The molecule has 2 aliphatic rings. The zero-order chi connectivity index (χ0) is 14.9. The van der Waals surface area contributed by atoms with Gasteiger partial charge in [-0.15, -0.1) is 0 Å². The number of hydrogen-bond acceptors (Lipinski definition) is 5. The number of carboxylic acids is 1. The summed E-state index contributed by atoms with van der Waals surface area (Å²) in [6.45, 7) is 3.42. The molecule has 0 radical (unpaired) electrons. The number of nitrogens with zero attached hydrogens (tertiary/aromatic N) is 1. The molecule has 0 aromatic carbocycles. The Balaban J connectivity index is 1.73. The molecular weight excluding hydrogens is 272 g/mol. The van der Waals surface area contributed by atoms with E-state index in [0.29, 0.717) is 12.4 Å². The maximum absolute atomic E-state index is 11.0. The highest BCUT2D eigenvalue weighted by atomic mass is 16.6. The first-order chi connectivity index (χ1) is 10.2. The van der Waals surface area contributed by atoms with Crippen molar-refractivity contribution < 1.29 is 19.4 Å². The van der Waals surface area contributed by atoms with E-state index >= 15 is 0 Å². The third-order valence-corrected chi connectivity index (χ3v) is 4.33. The Labute approximate surface area is 123 Å². The van der Waals surface area contributed by atoms with E-state index in [-0.39, 0.29) is 23.4 Å². The van der Waals surface area contributed by atoms with Crippen molar-refractivity contribution >= 4 is 11.8 Å². The second kappa shape index (κ2) is 5.61. The zero-order valence-electron chi connectivity index (χ0n) is 12.0. The van der Waals surface area contributed by atoms with Crippen LogP contribution in [-0.2, 0) is 9.47 Å². The third-order valence-electron chi connectivity index (χ3n) is 4.33. The van der Waals surface area contributed by atoms with Gasteiger partial charge in [0, 0.05) is 13.2 Å². The maximum atomic E-state index is 11.0. The van der Waals surface area contributed by atoms with Crippen LogP contribution in [-0.4, -0.2) is 47.0 Å². The van der Waals surface area contributed by atoms with Crippen LogP contribution >= 0.6 is 0 Å². The predicted molar refractivity (Wildman–Crippen MR) is 76.6 cm³/mol. The summed E-state index contributed by atoms with van der Waals surface area (Å²) in [5.74, 6) is -0.448. The van der Waals surface area contributed by atoms with Crippen LogP contribution < -0.4 is 5.32 Å². The van der Waals surface area contributed by atoms with Gasteiger partial charge in [0.05, 0.1) is 12.1 Å². The lowest BCUT2D eigenvalue weighted by molar-refractivity contribution is -0.184. The summed E-state index contributed by atoms with van der Waals surface area (Å²) in [6.07, 6.45) is 2.97. The van der Waals surface area contributed by atoms with Crippen molar-refractivity contribution in [3.8, 4) is 0 Å². The van der Waals surface area contributed by atoms with Gasteiger partial charge in [0.2, 0.25) is 0 Å². The molecule has 114 valence electrons. The summed E-state index contributed by atoms with van der Waals surface area (Å²) in [6, 6.07) is 5.08. The molecule has 3 atom stereocenters. The van der Waals surface area contributed by atoms with E-state index in [1.807, 2.05) is 6.92 Å². The number of hydrogen-bond donors (Lipinski definition) is 2. The first kappa shape index (κ1) is 14.3. The number of carbonyl (C=O) groups is 1. The quantitative estimate of drug-likeness (QED) is 0.863. The van der Waals surface area contributed by atoms with Gasteiger partial charge in [0.25, 0.3) is 0 Å². The van der Waals surface area contributed by atoms with Crippen molar-refractivity contribution in [1.29, 1.82) is 0 Å². The van der Waals surface area contributed by atoms with Crippen LogP contribution in [0.1, 0.15) is 36.7 Å². The fourth-order valence-corrected chi connectivity index (χ4v) is 3.29. The molecule has 0 amide bonds. The molecule has 1 aliphatic carbocycles. The monoisotopic (exact) mass is 292 g/mol. The molecule has 1 aromatic rings. The van der Waals surface area contributed by atoms with Gasteiger partial charge in [0.15, 0.2) is 5.69 Å². The number of anilines is 1. The number of aromatic carboxylic acids is 1. The number of nitrogens with one attached hydrogen (secondary N) is 1. The van der Waals surface area contributed by atoms with Gasteiger partial charge in [0.1, 0.15) is 11.4 Å². The Bertz CT molecular complexity index is 528. The molecule has 21 heavy (non-hydrogen) atoms. The van der Waals surface area contributed by atoms with Crippen molar-refractivity contribution in [3.05, 3.63) is 23.9 Å². The Hall–Kier alpha value is -1.66. The van der Waals surface area contributed by atoms with E-state index in [0.717, 1.165) is 25.9 Å². The summed E-state index contributed by atoms with van der Waals surface area (Å²) >= 11 is 0. The SMILES string of the molecule is CCO[C@@H]1C[C@H](Nc2cccc(C(=O)O)n2)[C@]12CCCO2. The number of carboxylic acid groups (broad SMARTS) is 1. The first-order valence-corrected chi connectivity index (χ1v) is 7.38. The van der Waals surface area contributed by atoms with Crippen molar-refractivity contribution in [2.45, 2.75) is 43.9 Å². The first-order valence-electron chi connectivity index (χ1n) is 7.38. The second-order valence-corrected chi connectivity index (χ2v) is 5.50. The minimum atomic E-state index is -1.02. The second-order valence-electron chi connectivity index (χ2n) is 5.50. The number of pyridine rings is 1. The number of ether oxygens (including phenoxy) is 2. The van der Waals surface area contributed by atoms with Crippen molar-refractivity contribution in [2.24, 2.45) is 0 Å². The van der Waals surface area contributed by atoms with E-state index < -0.39 is 5.97 Å². The van der Waals surface area contributed by atoms with Crippen molar-refractivity contribution in [2.75, 3.05) is 18.5 Å². The number of rotatable bonds is 5. The third kappa shape index (κ3) is 2.49. The normalized spacial score (nSPS) is 31.1. The lowest BCUT2D eigenvalue weighted by atomic mass is 9.70. The fourth-order valence-electron chi connectivity index (χ4n) is 3.29. The highest BCUT2D eigenvalue weighted by Gasteiger charge is 2.58. The van der Waals surface area contributed by atoms with Gasteiger partial charge in [-0.3, -0.25) is 0 Å². The van der Waals surface area contributed by atoms with Gasteiger partial charge < -0.3 is 19.9 Å². The van der Waals surface area contributed by atoms with Crippen LogP contribution in [0, 0.1) is 0 Å². The van der Waals surface area contributed by atoms with Gasteiger partial charge in [-0.05, 0) is 38.3 Å². The van der Waals surface area contributed by atoms with E-state index in [4.69, 9.17) is 14.6 Å². The minimum Gasteiger partial charge on any atom is -0.477 e. The summed E-state index contributed by atoms with van der Waals surface area (Å²) in [5.41, 5.74) is -0.237. The summed E-state index contributed by atoms with van der Waals surface area (Å²) < 4.78 is 11.7. The number of aromatic nitrogens is 1. The fraction of sp³-hybridized carbons (Fsp3) is 0.600. The molecular formula is C15H20N2O4. The van der Waals surface area contributed by atoms with Crippen LogP contribution in [0.5, 0.6) is 0 Å². The van der Waals surface area contributed by atoms with E-state index in [1.165, 1.54) is 6.07 Å². The molecule has 1 aliphatic heterocycles. The molecule has 2 fully saturated rings. The minimum absolute atomic E-state index is 0.0436. The lowest BCUT2D eigenvalue weighted by Gasteiger charge is -2.52. The van der Waals surface area contributed by atoms with Crippen LogP contribution in [0.3, 0.4) is 0 Å². The average Bonchev–Trinajstić information content (AvgIpc) is 2.99. The van der Waals surface area contributed by atoms with Crippen LogP contribution in [0.4, 0.5) is 5.82 Å². The van der Waals surface area contributed by atoms with Gasteiger partial charge in [-0.25, -0.2) is 9.78 Å². The smallest absolute Gasteiger partial charge is 0.354 e. The Morgan fingerprint density at radius 2 is 2.48 bits per heavy atom. The van der Waals surface area contributed by atoms with E-state index in [2.05, 4.69) is 10.3 Å². The average molecular weight is 292 g/mol. The summed E-state index contributed by atoms with van der Waals surface area (Å²) in [5, 5.41) is 12.3. The standard InChI is InChI=1S/C15H20N2O4/c1-2-20-12-9-11(15(12)7-4-8-21-15)17-13-6-3-5-10(16-13)14(18)19/h3,5-6,11-12H,2,4,7-9H2,1H3,(H,16,17)(H,18,19)/t11-,12+,15+/m0/s1. The van der Waals surface area contributed by atoms with Crippen LogP contribution in [0.2, 0.25) is 0 Å².